The van der Waals surface area contributed by atoms with Crippen LogP contribution < -0.4 is 5.32 Å². The molecule has 0 bridgehead atoms. The molecule has 1 saturated carbocycles. The van der Waals surface area contributed by atoms with Crippen molar-refractivity contribution in [2.24, 2.45) is 16.7 Å². The zero-order valence-corrected chi connectivity index (χ0v) is 12.8. The van der Waals surface area contributed by atoms with Crippen molar-refractivity contribution in [3.05, 3.63) is 34.3 Å². The average Bonchev–Trinajstić information content (AvgIpc) is 2.73. The van der Waals surface area contributed by atoms with Crippen LogP contribution in [0.3, 0.4) is 0 Å². The van der Waals surface area contributed by atoms with Crippen LogP contribution in [0, 0.1) is 28.1 Å². The van der Waals surface area contributed by atoms with Gasteiger partial charge in [-0.05, 0) is 41.0 Å². The van der Waals surface area contributed by atoms with Gasteiger partial charge < -0.3 is 5.32 Å². The maximum absolute atomic E-state index is 8.80. The van der Waals surface area contributed by atoms with E-state index in [2.05, 4.69) is 39.1 Å². The van der Waals surface area contributed by atoms with E-state index in [9.17, 15) is 0 Å². The summed E-state index contributed by atoms with van der Waals surface area (Å²) in [5.41, 5.74) is 2.48. The predicted molar refractivity (Wildman–Crippen MR) is 78.9 cm³/mol. The van der Waals surface area contributed by atoms with E-state index in [4.69, 9.17) is 16.9 Å². The summed E-state index contributed by atoms with van der Waals surface area (Å²) in [4.78, 5) is 0. The number of nitriles is 1. The summed E-state index contributed by atoms with van der Waals surface area (Å²) >= 11 is 6.16. The summed E-state index contributed by atoms with van der Waals surface area (Å²) in [5.74, 6) is 0.706. The first kappa shape index (κ1) is 14.4. The van der Waals surface area contributed by atoms with Gasteiger partial charge in [0.05, 0.1) is 11.6 Å². The third-order valence-corrected chi connectivity index (χ3v) is 5.52. The molecule has 0 aromatic heterocycles. The molecule has 0 aliphatic heterocycles. The Hall–Kier alpha value is -1.04. The van der Waals surface area contributed by atoms with Crippen LogP contribution in [0.25, 0.3) is 0 Å². The zero-order valence-electron chi connectivity index (χ0n) is 12.0. The third kappa shape index (κ3) is 2.50. The van der Waals surface area contributed by atoms with Crippen LogP contribution in [-0.4, -0.2) is 6.54 Å². The second-order valence-electron chi connectivity index (χ2n) is 6.54. The fraction of sp³-hybridized carbons (Fsp3) is 0.562. The number of hydrogen-bond donors (Lipinski definition) is 1. The van der Waals surface area contributed by atoms with Gasteiger partial charge in [-0.2, -0.15) is 5.26 Å². The number of benzene rings is 1. The minimum atomic E-state index is 0.411. The third-order valence-electron chi connectivity index (χ3n) is 5.17. The Morgan fingerprint density at radius 2 is 1.89 bits per heavy atom. The van der Waals surface area contributed by atoms with E-state index in [0.717, 1.165) is 18.7 Å². The highest BCUT2D eigenvalue weighted by Crippen LogP contribution is 2.67. The van der Waals surface area contributed by atoms with Crippen molar-refractivity contribution < 1.29 is 0 Å². The van der Waals surface area contributed by atoms with Gasteiger partial charge in [0.25, 0.3) is 0 Å². The molecule has 1 aromatic rings. The molecule has 2 nitrogen and oxygen atoms in total. The summed E-state index contributed by atoms with van der Waals surface area (Å²) in [7, 11) is 0. The van der Waals surface area contributed by atoms with Gasteiger partial charge in [0, 0.05) is 11.6 Å². The van der Waals surface area contributed by atoms with E-state index in [-0.39, 0.29) is 0 Å². The molecule has 0 heterocycles. The van der Waals surface area contributed by atoms with Crippen molar-refractivity contribution in [1.82, 2.24) is 5.32 Å². The fourth-order valence-electron chi connectivity index (χ4n) is 2.95. The van der Waals surface area contributed by atoms with Gasteiger partial charge in [-0.3, -0.25) is 0 Å². The highest BCUT2D eigenvalue weighted by Gasteiger charge is 2.63. The molecule has 0 unspecified atom stereocenters. The molecule has 2 rings (SSSR count). The number of hydrogen-bond acceptors (Lipinski definition) is 2. The topological polar surface area (TPSA) is 35.8 Å². The monoisotopic (exact) mass is 276 g/mol. The zero-order chi connectivity index (χ0) is 14.3. The van der Waals surface area contributed by atoms with Crippen molar-refractivity contribution in [3.63, 3.8) is 0 Å². The molecule has 1 aliphatic rings. The minimum Gasteiger partial charge on any atom is -0.312 e. The van der Waals surface area contributed by atoms with Crippen LogP contribution >= 0.6 is 11.6 Å². The molecule has 0 saturated heterocycles. The first-order chi connectivity index (χ1) is 8.80. The van der Waals surface area contributed by atoms with Crippen LogP contribution in [0.15, 0.2) is 18.2 Å². The quantitative estimate of drug-likeness (QED) is 0.903. The van der Waals surface area contributed by atoms with E-state index < -0.39 is 0 Å². The Kier molecular flexibility index (Phi) is 3.64. The number of nitrogens with zero attached hydrogens (tertiary/aromatic N) is 1. The number of halogens is 1. The molecule has 1 fully saturated rings. The molecule has 1 N–H and O–H groups in total. The van der Waals surface area contributed by atoms with Crippen LogP contribution in [0.1, 0.15) is 38.8 Å². The van der Waals surface area contributed by atoms with Gasteiger partial charge in [-0.25, -0.2) is 0 Å². The average molecular weight is 277 g/mol. The van der Waals surface area contributed by atoms with Crippen LogP contribution in [0.2, 0.25) is 5.02 Å². The summed E-state index contributed by atoms with van der Waals surface area (Å²) in [5, 5.41) is 13.0. The Labute approximate surface area is 120 Å². The predicted octanol–water partition coefficient (Wildman–Crippen LogP) is 3.98. The summed E-state index contributed by atoms with van der Waals surface area (Å²) in [6.07, 6.45) is 0. The molecule has 3 heteroatoms. The molecule has 19 heavy (non-hydrogen) atoms. The van der Waals surface area contributed by atoms with Crippen molar-refractivity contribution in [1.29, 1.82) is 5.26 Å². The Morgan fingerprint density at radius 3 is 2.37 bits per heavy atom. The summed E-state index contributed by atoms with van der Waals surface area (Å²) < 4.78 is 0. The standard InChI is InChI=1S/C16H21ClN2/c1-15(2)14(16(15,3)4)10-19-9-12-6-5-11(8-18)7-13(12)17/h5-7,14,19H,9-10H2,1-4H3. The van der Waals surface area contributed by atoms with E-state index in [1.54, 1.807) is 6.07 Å². The van der Waals surface area contributed by atoms with E-state index >= 15 is 0 Å². The van der Waals surface area contributed by atoms with Crippen molar-refractivity contribution in [2.75, 3.05) is 6.54 Å². The maximum Gasteiger partial charge on any atom is 0.0992 e. The van der Waals surface area contributed by atoms with Gasteiger partial charge in [0.1, 0.15) is 0 Å². The first-order valence-corrected chi connectivity index (χ1v) is 7.07. The Morgan fingerprint density at radius 1 is 1.26 bits per heavy atom. The summed E-state index contributed by atoms with van der Waals surface area (Å²) in [6.45, 7) is 11.1. The van der Waals surface area contributed by atoms with Gasteiger partial charge in [-0.15, -0.1) is 0 Å². The van der Waals surface area contributed by atoms with Gasteiger partial charge in [-0.1, -0.05) is 45.4 Å². The highest BCUT2D eigenvalue weighted by molar-refractivity contribution is 6.31. The Bertz CT molecular complexity index is 512. The first-order valence-electron chi connectivity index (χ1n) is 6.70. The molecule has 0 atom stereocenters. The van der Waals surface area contributed by atoms with Gasteiger partial charge in [0.2, 0.25) is 0 Å². The van der Waals surface area contributed by atoms with Gasteiger partial charge >= 0.3 is 0 Å². The van der Waals surface area contributed by atoms with E-state index in [0.29, 0.717) is 27.3 Å². The largest absolute Gasteiger partial charge is 0.312 e. The number of nitrogens with one attached hydrogen (secondary N) is 1. The minimum absolute atomic E-state index is 0.411. The molecule has 1 aromatic carbocycles. The highest BCUT2D eigenvalue weighted by atomic mass is 35.5. The van der Waals surface area contributed by atoms with E-state index in [1.165, 1.54) is 0 Å². The second kappa shape index (κ2) is 4.81. The lowest BCUT2D eigenvalue weighted by Crippen LogP contribution is -2.19. The van der Waals surface area contributed by atoms with Crippen LogP contribution in [0.5, 0.6) is 0 Å². The van der Waals surface area contributed by atoms with Crippen molar-refractivity contribution >= 4 is 11.6 Å². The molecule has 1 aliphatic carbocycles. The second-order valence-corrected chi connectivity index (χ2v) is 6.95. The van der Waals surface area contributed by atoms with Crippen LogP contribution in [0.4, 0.5) is 0 Å². The fourth-order valence-corrected chi connectivity index (χ4v) is 3.20. The van der Waals surface area contributed by atoms with E-state index in [1.807, 2.05) is 12.1 Å². The smallest absolute Gasteiger partial charge is 0.0992 e. The van der Waals surface area contributed by atoms with Crippen molar-refractivity contribution in [2.45, 2.75) is 34.2 Å². The molecule has 0 spiro atoms. The normalized spacial score (nSPS) is 20.0. The lowest BCUT2D eigenvalue weighted by atomic mass is 10.0. The lowest BCUT2D eigenvalue weighted by molar-refractivity contribution is 0.457. The maximum atomic E-state index is 8.80. The van der Waals surface area contributed by atoms with Crippen LogP contribution in [-0.2, 0) is 6.54 Å². The Balaban J connectivity index is 1.90. The molecular weight excluding hydrogens is 256 g/mol. The summed E-state index contributed by atoms with van der Waals surface area (Å²) in [6, 6.07) is 7.56. The molecule has 102 valence electrons. The molecule has 0 radical (unpaired) electrons. The lowest BCUT2D eigenvalue weighted by Gasteiger charge is -2.08. The SMILES string of the molecule is CC1(C)C(CNCc2ccc(C#N)cc2Cl)C1(C)C. The molecular formula is C16H21ClN2. The number of rotatable bonds is 4. The van der Waals surface area contributed by atoms with Crippen molar-refractivity contribution in [3.8, 4) is 6.07 Å². The van der Waals surface area contributed by atoms with Gasteiger partial charge in [0.15, 0.2) is 0 Å². The molecule has 0 amide bonds.